The molecule has 0 spiro atoms. The lowest BCUT2D eigenvalue weighted by Crippen LogP contribution is -2.59. The van der Waals surface area contributed by atoms with E-state index in [2.05, 4.69) is 69.9 Å². The van der Waals surface area contributed by atoms with E-state index in [1.807, 2.05) is 34.6 Å². The highest BCUT2D eigenvalue weighted by atomic mass is 16.5. The predicted octanol–water partition coefficient (Wildman–Crippen LogP) is 6.72. The van der Waals surface area contributed by atoms with E-state index in [0.29, 0.717) is 12.2 Å². The summed E-state index contributed by atoms with van der Waals surface area (Å²) in [4.78, 5) is 38.9. The van der Waals surface area contributed by atoms with Crippen LogP contribution in [0.25, 0.3) is 0 Å². The van der Waals surface area contributed by atoms with Gasteiger partial charge < -0.3 is 25.0 Å². The van der Waals surface area contributed by atoms with Crippen molar-refractivity contribution in [2.24, 2.45) is 5.41 Å². The second kappa shape index (κ2) is 32.0. The van der Waals surface area contributed by atoms with Gasteiger partial charge >= 0.3 is 5.97 Å². The first-order valence-corrected chi connectivity index (χ1v) is 15.2. The maximum Gasteiger partial charge on any atom is 0.333 e. The van der Waals surface area contributed by atoms with Gasteiger partial charge in [-0.2, -0.15) is 0 Å². The first-order valence-electron chi connectivity index (χ1n) is 15.2. The number of ether oxygens (including phenoxy) is 2. The zero-order valence-corrected chi connectivity index (χ0v) is 30.3. The van der Waals surface area contributed by atoms with E-state index in [1.165, 1.54) is 24.0 Å². The van der Waals surface area contributed by atoms with Gasteiger partial charge in [0.15, 0.2) is 0 Å². The number of carbonyl (C=O) groups is 3. The van der Waals surface area contributed by atoms with Crippen LogP contribution in [0, 0.1) is 18.3 Å². The molecule has 0 fully saturated rings. The number of terminal acetylenes is 1. The van der Waals surface area contributed by atoms with E-state index in [-0.39, 0.29) is 24.5 Å². The Bertz CT molecular complexity index is 810. The minimum atomic E-state index is -0.735. The molecule has 252 valence electrons. The standard InChI is InChI=1S/C20H37N3O5.2C5H10.C3H8.C2H2/c1-10-28-19(26)13(2)11-12-23(8)18(25)16(20(4,5)6)22-17(24)15(21-7)14(3)27-9;1-4-5(2)3;1-3-5-4-2;1-3-2;1-2/h11,14-16,21H,10,12H2,1-9H3,(H,22,24);2,4H2,1,3H3;3,5H,4H2,1-2H3;3H2,1-2H3;1-2H/b13-11+;;5-3-;;/t14-,15+,16?;;;;/m1..../s1. The van der Waals surface area contributed by atoms with Gasteiger partial charge in [0.1, 0.15) is 12.1 Å². The van der Waals surface area contributed by atoms with Crippen molar-refractivity contribution in [2.75, 3.05) is 34.4 Å². The van der Waals surface area contributed by atoms with Crippen LogP contribution < -0.4 is 10.6 Å². The summed E-state index contributed by atoms with van der Waals surface area (Å²) >= 11 is 0. The van der Waals surface area contributed by atoms with Gasteiger partial charge in [-0.15, -0.1) is 19.4 Å². The third-order valence-corrected chi connectivity index (χ3v) is 5.55. The number of nitrogens with zero attached hydrogens (tertiary/aromatic N) is 1. The molecule has 8 nitrogen and oxygen atoms in total. The van der Waals surface area contributed by atoms with E-state index < -0.39 is 23.5 Å². The maximum atomic E-state index is 13.0. The van der Waals surface area contributed by atoms with Crippen molar-refractivity contribution in [3.8, 4) is 12.8 Å². The summed E-state index contributed by atoms with van der Waals surface area (Å²) < 4.78 is 10.2. The summed E-state index contributed by atoms with van der Waals surface area (Å²) in [5.41, 5.74) is 1.18. The summed E-state index contributed by atoms with van der Waals surface area (Å²) in [6.07, 6.45) is 17.0. The Morgan fingerprint density at radius 3 is 1.79 bits per heavy atom. The van der Waals surface area contributed by atoms with Crippen molar-refractivity contribution in [3.63, 3.8) is 0 Å². The number of esters is 1. The van der Waals surface area contributed by atoms with Crippen LogP contribution in [0.15, 0.2) is 36.0 Å². The van der Waals surface area contributed by atoms with E-state index in [0.717, 1.165) is 12.8 Å². The Morgan fingerprint density at radius 1 is 1.05 bits per heavy atom. The Labute approximate surface area is 266 Å². The zero-order chi connectivity index (χ0) is 35.2. The zero-order valence-electron chi connectivity index (χ0n) is 30.3. The number of carbonyl (C=O) groups excluding carboxylic acids is 3. The lowest BCUT2D eigenvalue weighted by atomic mass is 9.85. The van der Waals surface area contributed by atoms with Gasteiger partial charge in [-0.1, -0.05) is 78.7 Å². The van der Waals surface area contributed by atoms with Gasteiger partial charge in [0, 0.05) is 26.3 Å². The van der Waals surface area contributed by atoms with E-state index in [1.54, 1.807) is 40.9 Å². The van der Waals surface area contributed by atoms with Crippen molar-refractivity contribution in [1.82, 2.24) is 15.5 Å². The molecular weight excluding hydrogens is 542 g/mol. The molecule has 0 bridgehead atoms. The SMILES string of the molecule is C#C.C/C=C\CC.C=C(C)CC.CCC.CCOC(=O)/C(C)=C/CN(C)C(=O)C(NC(=O)[C@@H](NC)[C@@H](C)OC)C(C)(C)C. The van der Waals surface area contributed by atoms with Gasteiger partial charge in [-0.25, -0.2) is 4.79 Å². The van der Waals surface area contributed by atoms with E-state index in [4.69, 9.17) is 9.47 Å². The third-order valence-electron chi connectivity index (χ3n) is 5.55. The molecule has 0 aliphatic rings. The molecule has 0 saturated heterocycles. The van der Waals surface area contributed by atoms with E-state index in [9.17, 15) is 14.4 Å². The Balaban J connectivity index is -0.000000264. The quantitative estimate of drug-likeness (QED) is 0.110. The average Bonchev–Trinajstić information content (AvgIpc) is 2.96. The molecule has 0 aromatic carbocycles. The Kier molecular flexibility index (Phi) is 37.1. The fourth-order valence-corrected chi connectivity index (χ4v) is 2.74. The summed E-state index contributed by atoms with van der Waals surface area (Å²) in [5.74, 6) is -0.958. The monoisotopic (exact) mass is 610 g/mol. The number of hydrogen-bond donors (Lipinski definition) is 2. The molecule has 0 radical (unpaired) electrons. The highest BCUT2D eigenvalue weighted by Crippen LogP contribution is 2.21. The molecule has 2 N–H and O–H groups in total. The number of rotatable bonds is 12. The Morgan fingerprint density at radius 2 is 1.51 bits per heavy atom. The van der Waals surface area contributed by atoms with Crippen LogP contribution in [-0.4, -0.2) is 75.2 Å². The molecule has 0 saturated carbocycles. The number of amides is 2. The second-order valence-corrected chi connectivity index (χ2v) is 10.8. The molecule has 3 atom stereocenters. The number of methoxy groups -OCH3 is 1. The topological polar surface area (TPSA) is 97.0 Å². The summed E-state index contributed by atoms with van der Waals surface area (Å²) in [6, 6.07) is -1.32. The van der Waals surface area contributed by atoms with Crippen LogP contribution in [0.4, 0.5) is 0 Å². The lowest BCUT2D eigenvalue weighted by molar-refractivity contribution is -0.139. The molecule has 0 aromatic heterocycles. The number of hydrogen-bond acceptors (Lipinski definition) is 6. The van der Waals surface area contributed by atoms with E-state index >= 15 is 0 Å². The maximum absolute atomic E-state index is 13.0. The largest absolute Gasteiger partial charge is 0.463 e. The average molecular weight is 610 g/mol. The summed E-state index contributed by atoms with van der Waals surface area (Å²) in [5, 5.41) is 5.77. The molecular formula is C35H67N3O5. The highest BCUT2D eigenvalue weighted by Gasteiger charge is 2.36. The van der Waals surface area contributed by atoms with Gasteiger partial charge in [0.2, 0.25) is 11.8 Å². The second-order valence-electron chi connectivity index (χ2n) is 10.8. The van der Waals surface area contributed by atoms with Crippen molar-refractivity contribution < 1.29 is 23.9 Å². The molecule has 0 aliphatic carbocycles. The molecule has 0 heterocycles. The molecule has 2 amide bonds. The highest BCUT2D eigenvalue weighted by molar-refractivity contribution is 5.91. The first kappa shape index (κ1) is 49.8. The van der Waals surface area contributed by atoms with Crippen molar-refractivity contribution in [2.45, 2.75) is 121 Å². The lowest BCUT2D eigenvalue weighted by Gasteiger charge is -2.34. The number of likely N-dealkylation sites (N-methyl/N-ethyl adjacent to an activating group) is 2. The fourth-order valence-electron chi connectivity index (χ4n) is 2.74. The number of nitrogens with one attached hydrogen (secondary N) is 2. The van der Waals surface area contributed by atoms with Crippen molar-refractivity contribution >= 4 is 17.8 Å². The normalized spacial score (nSPS) is 12.5. The Hall–Kier alpha value is -2.89. The molecule has 8 heteroatoms. The molecule has 43 heavy (non-hydrogen) atoms. The first-order chi connectivity index (χ1) is 20.0. The van der Waals surface area contributed by atoms with Crippen LogP contribution in [0.2, 0.25) is 0 Å². The fraction of sp³-hybridized carbons (Fsp3) is 0.686. The van der Waals surface area contributed by atoms with Crippen LogP contribution in [0.1, 0.15) is 102 Å². The summed E-state index contributed by atoms with van der Waals surface area (Å²) in [7, 11) is 4.83. The molecule has 1 unspecified atom stereocenters. The van der Waals surface area contributed by atoms with Gasteiger partial charge in [-0.05, 0) is 59.9 Å². The molecule has 0 aliphatic heterocycles. The third kappa shape index (κ3) is 29.0. The van der Waals surface area contributed by atoms with Gasteiger partial charge in [-0.3, -0.25) is 9.59 Å². The minimum Gasteiger partial charge on any atom is -0.463 e. The minimum absolute atomic E-state index is 0.232. The summed E-state index contributed by atoms with van der Waals surface area (Å²) in [6.45, 7) is 27.6. The van der Waals surface area contributed by atoms with Gasteiger partial charge in [0.25, 0.3) is 0 Å². The molecule has 0 rings (SSSR count). The smallest absolute Gasteiger partial charge is 0.333 e. The predicted molar refractivity (Wildman–Crippen MR) is 185 cm³/mol. The van der Waals surface area contributed by atoms with Crippen molar-refractivity contribution in [3.05, 3.63) is 36.0 Å². The number of allylic oxidation sites excluding steroid dienone is 3. The van der Waals surface area contributed by atoms with Crippen LogP contribution in [-0.2, 0) is 23.9 Å². The van der Waals surface area contributed by atoms with Crippen LogP contribution in [0.5, 0.6) is 0 Å². The van der Waals surface area contributed by atoms with Gasteiger partial charge in [0.05, 0.1) is 12.7 Å². The molecule has 0 aromatic rings. The van der Waals surface area contributed by atoms with Crippen molar-refractivity contribution in [1.29, 1.82) is 0 Å². The van der Waals surface area contributed by atoms with Crippen LogP contribution >= 0.6 is 0 Å². The van der Waals surface area contributed by atoms with Crippen LogP contribution in [0.3, 0.4) is 0 Å².